The van der Waals surface area contributed by atoms with E-state index in [0.29, 0.717) is 12.8 Å². The van der Waals surface area contributed by atoms with Crippen molar-refractivity contribution in [1.82, 2.24) is 0 Å². The Hall–Kier alpha value is -0.280. The monoisotopic (exact) mass is 306 g/mol. The van der Waals surface area contributed by atoms with Gasteiger partial charge >= 0.3 is 0 Å². The minimum atomic E-state index is -0.843. The predicted octanol–water partition coefficient (Wildman–Crippen LogP) is 0.0246. The van der Waals surface area contributed by atoms with Gasteiger partial charge < -0.3 is 33.9 Å². The fraction of sp³-hybridized carbons (Fsp3) is 1.00. The zero-order chi connectivity index (χ0) is 15.6. The van der Waals surface area contributed by atoms with Gasteiger partial charge in [0.05, 0.1) is 24.4 Å². The van der Waals surface area contributed by atoms with Crippen LogP contribution in [0.25, 0.3) is 0 Å². The SMILES string of the molecule is CO[C@H]1C[C@H](O[C@H]2[C@@H](OC)C[C@H](O)O[C@@H]2C)O[C@H](C)[C@H]1O. The molecule has 0 aromatic rings. The van der Waals surface area contributed by atoms with E-state index in [1.807, 2.05) is 6.92 Å². The molecule has 0 unspecified atom stereocenters. The fourth-order valence-electron chi connectivity index (χ4n) is 2.95. The van der Waals surface area contributed by atoms with Crippen molar-refractivity contribution in [3.8, 4) is 0 Å². The van der Waals surface area contributed by atoms with Gasteiger partial charge in [-0.05, 0) is 13.8 Å². The first-order valence-corrected chi connectivity index (χ1v) is 7.34. The van der Waals surface area contributed by atoms with E-state index in [-0.39, 0.29) is 30.5 Å². The van der Waals surface area contributed by atoms with E-state index in [1.54, 1.807) is 21.1 Å². The molecule has 0 bridgehead atoms. The van der Waals surface area contributed by atoms with Gasteiger partial charge in [0, 0.05) is 27.1 Å². The van der Waals surface area contributed by atoms with Gasteiger partial charge in [-0.2, -0.15) is 0 Å². The molecular formula is C14H26O7. The average molecular weight is 306 g/mol. The van der Waals surface area contributed by atoms with Gasteiger partial charge in [-0.15, -0.1) is 0 Å². The summed E-state index contributed by atoms with van der Waals surface area (Å²) in [6.07, 6.45) is -2.86. The highest BCUT2D eigenvalue weighted by atomic mass is 16.7. The Kier molecular flexibility index (Phi) is 5.96. The van der Waals surface area contributed by atoms with Crippen molar-refractivity contribution < 1.29 is 33.9 Å². The van der Waals surface area contributed by atoms with Gasteiger partial charge in [0.25, 0.3) is 0 Å². The normalized spacial score (nSPS) is 48.3. The summed E-state index contributed by atoms with van der Waals surface area (Å²) in [6, 6.07) is 0. The van der Waals surface area contributed by atoms with Crippen LogP contribution in [-0.2, 0) is 23.7 Å². The Bertz CT molecular complexity index is 326. The van der Waals surface area contributed by atoms with E-state index in [2.05, 4.69) is 0 Å². The maximum atomic E-state index is 9.96. The van der Waals surface area contributed by atoms with Crippen LogP contribution in [-0.4, -0.2) is 73.6 Å². The Morgan fingerprint density at radius 3 is 2.19 bits per heavy atom. The molecule has 7 nitrogen and oxygen atoms in total. The molecule has 2 aliphatic rings. The lowest BCUT2D eigenvalue weighted by Crippen LogP contribution is -2.54. The van der Waals surface area contributed by atoms with Gasteiger partial charge in [-0.3, -0.25) is 0 Å². The molecule has 2 N–H and O–H groups in total. The third kappa shape index (κ3) is 3.92. The molecule has 0 amide bonds. The van der Waals surface area contributed by atoms with Crippen molar-refractivity contribution in [3.63, 3.8) is 0 Å². The van der Waals surface area contributed by atoms with E-state index >= 15 is 0 Å². The van der Waals surface area contributed by atoms with Crippen LogP contribution in [0.3, 0.4) is 0 Å². The molecule has 0 aromatic carbocycles. The molecule has 2 heterocycles. The molecule has 2 aliphatic heterocycles. The lowest BCUT2D eigenvalue weighted by molar-refractivity contribution is -0.310. The van der Waals surface area contributed by atoms with Crippen LogP contribution in [0.1, 0.15) is 26.7 Å². The van der Waals surface area contributed by atoms with Gasteiger partial charge in [0.15, 0.2) is 12.6 Å². The Labute approximate surface area is 125 Å². The van der Waals surface area contributed by atoms with E-state index in [1.165, 1.54) is 0 Å². The minimum absolute atomic E-state index is 0.268. The molecule has 0 aromatic heterocycles. The number of hydrogen-bond acceptors (Lipinski definition) is 7. The smallest absolute Gasteiger partial charge is 0.161 e. The molecule has 0 saturated carbocycles. The highest BCUT2D eigenvalue weighted by molar-refractivity contribution is 4.86. The maximum absolute atomic E-state index is 9.96. The van der Waals surface area contributed by atoms with E-state index in [9.17, 15) is 10.2 Å². The van der Waals surface area contributed by atoms with Crippen molar-refractivity contribution in [3.05, 3.63) is 0 Å². The molecular weight excluding hydrogens is 280 g/mol. The number of rotatable bonds is 4. The summed E-state index contributed by atoms with van der Waals surface area (Å²) in [5.41, 5.74) is 0. The zero-order valence-electron chi connectivity index (χ0n) is 13.0. The molecule has 0 spiro atoms. The summed E-state index contributed by atoms with van der Waals surface area (Å²) in [7, 11) is 3.14. The van der Waals surface area contributed by atoms with Gasteiger partial charge in [0.2, 0.25) is 0 Å². The van der Waals surface area contributed by atoms with E-state index in [0.717, 1.165) is 0 Å². The summed E-state index contributed by atoms with van der Waals surface area (Å²) in [4.78, 5) is 0. The Morgan fingerprint density at radius 2 is 1.57 bits per heavy atom. The second-order valence-electron chi connectivity index (χ2n) is 5.68. The van der Waals surface area contributed by atoms with E-state index < -0.39 is 18.7 Å². The lowest BCUT2D eigenvalue weighted by atomic mass is 10.0. The number of aliphatic hydroxyl groups excluding tert-OH is 2. The highest BCUT2D eigenvalue weighted by Crippen LogP contribution is 2.29. The van der Waals surface area contributed by atoms with Gasteiger partial charge in [-0.1, -0.05) is 0 Å². The highest BCUT2D eigenvalue weighted by Gasteiger charge is 2.42. The Balaban J connectivity index is 1.99. The van der Waals surface area contributed by atoms with Crippen LogP contribution < -0.4 is 0 Å². The first kappa shape index (κ1) is 17.1. The quantitative estimate of drug-likeness (QED) is 0.757. The second kappa shape index (κ2) is 7.32. The topological polar surface area (TPSA) is 86.6 Å². The number of aliphatic hydroxyl groups is 2. The first-order chi connectivity index (χ1) is 9.96. The molecule has 0 radical (unpaired) electrons. The minimum Gasteiger partial charge on any atom is -0.388 e. The zero-order valence-corrected chi connectivity index (χ0v) is 13.0. The van der Waals surface area contributed by atoms with Crippen LogP contribution in [0.4, 0.5) is 0 Å². The molecule has 2 rings (SSSR count). The maximum Gasteiger partial charge on any atom is 0.161 e. The van der Waals surface area contributed by atoms with Crippen LogP contribution >= 0.6 is 0 Å². The molecule has 8 atom stereocenters. The molecule has 7 heteroatoms. The standard InChI is InChI=1S/C14H26O7/c1-7-13(16)9(17-3)6-12(20-7)21-14-8(2)19-11(15)5-10(14)18-4/h7-16H,5-6H2,1-4H3/t7-,8-,9+,10+,11-,12+,13-,14-/m1/s1. The Morgan fingerprint density at radius 1 is 0.905 bits per heavy atom. The summed E-state index contributed by atoms with van der Waals surface area (Å²) >= 11 is 0. The molecule has 2 fully saturated rings. The van der Waals surface area contributed by atoms with Crippen molar-refractivity contribution >= 4 is 0 Å². The molecule has 21 heavy (non-hydrogen) atoms. The van der Waals surface area contributed by atoms with Crippen LogP contribution in [0.5, 0.6) is 0 Å². The predicted molar refractivity (Wildman–Crippen MR) is 72.6 cm³/mol. The van der Waals surface area contributed by atoms with Gasteiger partial charge in [-0.25, -0.2) is 0 Å². The van der Waals surface area contributed by atoms with Crippen molar-refractivity contribution in [2.24, 2.45) is 0 Å². The second-order valence-corrected chi connectivity index (χ2v) is 5.68. The summed E-state index contributed by atoms with van der Waals surface area (Å²) < 4.78 is 27.7. The molecule has 124 valence electrons. The van der Waals surface area contributed by atoms with E-state index in [4.69, 9.17) is 23.7 Å². The largest absolute Gasteiger partial charge is 0.388 e. The summed E-state index contributed by atoms with van der Waals surface area (Å²) in [6.45, 7) is 3.61. The van der Waals surface area contributed by atoms with Crippen LogP contribution in [0.15, 0.2) is 0 Å². The first-order valence-electron chi connectivity index (χ1n) is 7.34. The van der Waals surface area contributed by atoms with Crippen molar-refractivity contribution in [2.75, 3.05) is 14.2 Å². The third-order valence-corrected chi connectivity index (χ3v) is 4.20. The van der Waals surface area contributed by atoms with Crippen LogP contribution in [0.2, 0.25) is 0 Å². The number of hydrogen-bond donors (Lipinski definition) is 2. The molecule has 2 saturated heterocycles. The third-order valence-electron chi connectivity index (χ3n) is 4.20. The lowest BCUT2D eigenvalue weighted by Gasteiger charge is -2.42. The summed E-state index contributed by atoms with van der Waals surface area (Å²) in [5.74, 6) is 0. The number of methoxy groups -OCH3 is 2. The van der Waals surface area contributed by atoms with Gasteiger partial charge in [0.1, 0.15) is 12.2 Å². The summed E-state index contributed by atoms with van der Waals surface area (Å²) in [5, 5.41) is 19.6. The molecule has 0 aliphatic carbocycles. The van der Waals surface area contributed by atoms with Crippen molar-refractivity contribution in [2.45, 2.75) is 75.9 Å². The fourth-order valence-corrected chi connectivity index (χ4v) is 2.95. The number of ether oxygens (including phenoxy) is 5. The van der Waals surface area contributed by atoms with Crippen molar-refractivity contribution in [1.29, 1.82) is 0 Å². The van der Waals surface area contributed by atoms with Crippen LogP contribution in [0, 0.1) is 0 Å². The average Bonchev–Trinajstić information content (AvgIpc) is 2.45.